The van der Waals surface area contributed by atoms with Crippen molar-refractivity contribution in [1.82, 2.24) is 4.90 Å². The van der Waals surface area contributed by atoms with Crippen LogP contribution >= 0.6 is 0 Å². The number of rotatable bonds is 3. The lowest BCUT2D eigenvalue weighted by molar-refractivity contribution is -0.0345. The Morgan fingerprint density at radius 1 is 1.33 bits per heavy atom. The van der Waals surface area contributed by atoms with Crippen molar-refractivity contribution in [2.75, 3.05) is 39.5 Å². The Kier molecular flexibility index (Phi) is 4.14. The van der Waals surface area contributed by atoms with Crippen LogP contribution in [0.3, 0.4) is 0 Å². The van der Waals surface area contributed by atoms with Crippen LogP contribution in [0, 0.1) is 0 Å². The smallest absolute Gasteiger partial charge is 0.177 e. The fourth-order valence-corrected chi connectivity index (χ4v) is 1.90. The van der Waals surface area contributed by atoms with Crippen molar-refractivity contribution in [3.63, 3.8) is 0 Å². The Hall–Kier alpha value is -0.420. The van der Waals surface area contributed by atoms with Gasteiger partial charge in [0.1, 0.15) is 0 Å². The van der Waals surface area contributed by atoms with E-state index in [1.54, 1.807) is 0 Å². The van der Waals surface area contributed by atoms with Crippen LogP contribution < -0.4 is 0 Å². The Labute approximate surface area is 90.8 Å². The van der Waals surface area contributed by atoms with E-state index in [4.69, 9.17) is 14.2 Å². The molecule has 2 unspecified atom stereocenters. The summed E-state index contributed by atoms with van der Waals surface area (Å²) in [6, 6.07) is 0. The lowest BCUT2D eigenvalue weighted by Crippen LogP contribution is -2.41. The van der Waals surface area contributed by atoms with Crippen LogP contribution in [0.25, 0.3) is 0 Å². The van der Waals surface area contributed by atoms with E-state index in [0.717, 1.165) is 32.8 Å². The minimum absolute atomic E-state index is 0.138. The molecule has 0 aromatic rings. The molecule has 2 fully saturated rings. The molecule has 2 aliphatic heterocycles. The third-order valence-corrected chi connectivity index (χ3v) is 2.69. The Morgan fingerprint density at radius 3 is 2.87 bits per heavy atom. The molecule has 0 spiro atoms. The van der Waals surface area contributed by atoms with E-state index in [0.29, 0.717) is 6.61 Å². The second-order valence-electron chi connectivity index (χ2n) is 3.90. The summed E-state index contributed by atoms with van der Waals surface area (Å²) in [7, 11) is 0. The molecule has 0 aromatic carbocycles. The standard InChI is InChI=1S/C11H19NO3/c1-2-3-11-14-9-10(15-11)8-12-4-6-13-7-5-12/h2-3,10-11H,4-9H2,1H3/b3-2+. The molecular weight excluding hydrogens is 194 g/mol. The van der Waals surface area contributed by atoms with Crippen molar-refractivity contribution >= 4 is 0 Å². The first-order chi connectivity index (χ1) is 7.38. The summed E-state index contributed by atoms with van der Waals surface area (Å²) in [6.07, 6.45) is 3.98. The Balaban J connectivity index is 1.71. The molecule has 0 N–H and O–H groups in total. The monoisotopic (exact) mass is 213 g/mol. The zero-order valence-corrected chi connectivity index (χ0v) is 9.22. The highest BCUT2D eigenvalue weighted by Crippen LogP contribution is 2.14. The maximum Gasteiger partial charge on any atom is 0.177 e. The van der Waals surface area contributed by atoms with Crippen LogP contribution in [0.5, 0.6) is 0 Å². The minimum atomic E-state index is -0.138. The zero-order valence-electron chi connectivity index (χ0n) is 9.22. The fourth-order valence-electron chi connectivity index (χ4n) is 1.90. The van der Waals surface area contributed by atoms with Gasteiger partial charge in [-0.05, 0) is 13.0 Å². The molecular formula is C11H19NO3. The van der Waals surface area contributed by atoms with Crippen LogP contribution in [-0.2, 0) is 14.2 Å². The van der Waals surface area contributed by atoms with E-state index in [1.807, 2.05) is 19.1 Å². The first-order valence-corrected chi connectivity index (χ1v) is 5.58. The second kappa shape index (κ2) is 5.61. The minimum Gasteiger partial charge on any atom is -0.379 e. The summed E-state index contributed by atoms with van der Waals surface area (Å²) >= 11 is 0. The normalized spacial score (nSPS) is 33.9. The van der Waals surface area contributed by atoms with Gasteiger partial charge in [0.2, 0.25) is 0 Å². The van der Waals surface area contributed by atoms with Gasteiger partial charge in [-0.15, -0.1) is 0 Å². The van der Waals surface area contributed by atoms with E-state index in [-0.39, 0.29) is 12.4 Å². The molecule has 15 heavy (non-hydrogen) atoms. The first-order valence-electron chi connectivity index (χ1n) is 5.58. The van der Waals surface area contributed by atoms with E-state index >= 15 is 0 Å². The number of nitrogens with zero attached hydrogens (tertiary/aromatic N) is 1. The lowest BCUT2D eigenvalue weighted by atomic mass is 10.3. The first kappa shape index (κ1) is 11.1. The summed E-state index contributed by atoms with van der Waals surface area (Å²) in [5, 5.41) is 0. The molecule has 2 aliphatic rings. The fraction of sp³-hybridized carbons (Fsp3) is 0.818. The topological polar surface area (TPSA) is 30.9 Å². The van der Waals surface area contributed by atoms with Crippen LogP contribution in [0.1, 0.15) is 6.92 Å². The highest BCUT2D eigenvalue weighted by Gasteiger charge is 2.26. The van der Waals surface area contributed by atoms with Crippen LogP contribution in [0.2, 0.25) is 0 Å². The van der Waals surface area contributed by atoms with Crippen LogP contribution in [-0.4, -0.2) is 56.7 Å². The molecule has 0 aliphatic carbocycles. The molecule has 86 valence electrons. The summed E-state index contributed by atoms with van der Waals surface area (Å²) < 4.78 is 16.5. The molecule has 2 heterocycles. The maximum atomic E-state index is 5.71. The summed E-state index contributed by atoms with van der Waals surface area (Å²) in [4.78, 5) is 2.37. The van der Waals surface area contributed by atoms with Gasteiger partial charge in [0.25, 0.3) is 0 Å². The highest BCUT2D eigenvalue weighted by molar-refractivity contribution is 4.85. The SMILES string of the molecule is C/C=C/C1OCC(CN2CCOCC2)O1. The van der Waals surface area contributed by atoms with Gasteiger partial charge in [0.05, 0.1) is 25.9 Å². The molecule has 0 radical (unpaired) electrons. The highest BCUT2D eigenvalue weighted by atomic mass is 16.7. The van der Waals surface area contributed by atoms with Crippen molar-refractivity contribution in [2.24, 2.45) is 0 Å². The van der Waals surface area contributed by atoms with Crippen molar-refractivity contribution in [3.05, 3.63) is 12.2 Å². The van der Waals surface area contributed by atoms with Gasteiger partial charge >= 0.3 is 0 Å². The molecule has 0 aromatic heterocycles. The summed E-state index contributed by atoms with van der Waals surface area (Å²) in [5.74, 6) is 0. The third-order valence-electron chi connectivity index (χ3n) is 2.69. The third kappa shape index (κ3) is 3.28. The van der Waals surface area contributed by atoms with E-state index in [1.165, 1.54) is 0 Å². The van der Waals surface area contributed by atoms with Gasteiger partial charge < -0.3 is 14.2 Å². The number of morpholine rings is 1. The molecule has 0 bridgehead atoms. The van der Waals surface area contributed by atoms with Gasteiger partial charge in [-0.25, -0.2) is 0 Å². The van der Waals surface area contributed by atoms with E-state index in [9.17, 15) is 0 Å². The number of ether oxygens (including phenoxy) is 3. The predicted octanol–water partition coefficient (Wildman–Crippen LogP) is 0.636. The molecule has 0 amide bonds. The van der Waals surface area contributed by atoms with Gasteiger partial charge in [-0.3, -0.25) is 4.90 Å². The number of hydrogen-bond acceptors (Lipinski definition) is 4. The molecule has 4 nitrogen and oxygen atoms in total. The van der Waals surface area contributed by atoms with Gasteiger partial charge in [0.15, 0.2) is 6.29 Å². The Bertz CT molecular complexity index is 214. The van der Waals surface area contributed by atoms with Gasteiger partial charge in [0, 0.05) is 19.6 Å². The molecule has 0 saturated carbocycles. The average molecular weight is 213 g/mol. The van der Waals surface area contributed by atoms with Gasteiger partial charge in [-0.2, -0.15) is 0 Å². The number of allylic oxidation sites excluding steroid dienone is 1. The van der Waals surface area contributed by atoms with Crippen molar-refractivity contribution < 1.29 is 14.2 Å². The van der Waals surface area contributed by atoms with E-state index < -0.39 is 0 Å². The second-order valence-corrected chi connectivity index (χ2v) is 3.90. The average Bonchev–Trinajstić information content (AvgIpc) is 2.68. The summed E-state index contributed by atoms with van der Waals surface area (Å²) in [6.45, 7) is 7.33. The molecule has 2 atom stereocenters. The van der Waals surface area contributed by atoms with Gasteiger partial charge in [-0.1, -0.05) is 6.08 Å². The largest absolute Gasteiger partial charge is 0.379 e. The quantitative estimate of drug-likeness (QED) is 0.644. The van der Waals surface area contributed by atoms with Crippen LogP contribution in [0.15, 0.2) is 12.2 Å². The van der Waals surface area contributed by atoms with Crippen molar-refractivity contribution in [1.29, 1.82) is 0 Å². The van der Waals surface area contributed by atoms with Crippen LogP contribution in [0.4, 0.5) is 0 Å². The van der Waals surface area contributed by atoms with Crippen molar-refractivity contribution in [3.8, 4) is 0 Å². The lowest BCUT2D eigenvalue weighted by Gasteiger charge is -2.28. The number of hydrogen-bond donors (Lipinski definition) is 0. The molecule has 2 saturated heterocycles. The molecule has 4 heteroatoms. The molecule has 2 rings (SSSR count). The van der Waals surface area contributed by atoms with Crippen molar-refractivity contribution in [2.45, 2.75) is 19.3 Å². The summed E-state index contributed by atoms with van der Waals surface area (Å²) in [5.41, 5.74) is 0. The zero-order chi connectivity index (χ0) is 10.5. The predicted molar refractivity (Wildman–Crippen MR) is 56.7 cm³/mol. The maximum absolute atomic E-state index is 5.71. The Morgan fingerprint density at radius 2 is 2.13 bits per heavy atom. The van der Waals surface area contributed by atoms with E-state index in [2.05, 4.69) is 4.90 Å².